The summed E-state index contributed by atoms with van der Waals surface area (Å²) in [7, 11) is 0. The molecule has 2 rings (SSSR count). The van der Waals surface area contributed by atoms with Gasteiger partial charge in [-0.3, -0.25) is 9.78 Å². The molecule has 0 saturated heterocycles. The highest BCUT2D eigenvalue weighted by molar-refractivity contribution is 5.94. The molecule has 0 aliphatic rings. The van der Waals surface area contributed by atoms with Crippen molar-refractivity contribution in [3.8, 4) is 0 Å². The van der Waals surface area contributed by atoms with Crippen molar-refractivity contribution in [3.63, 3.8) is 0 Å². The molecular formula is C16H18N2O2. The predicted octanol–water partition coefficient (Wildman–Crippen LogP) is 1.76. The largest absolute Gasteiger partial charge is 0.395 e. The number of hydrogen-bond donors (Lipinski definition) is 1. The molecule has 0 atom stereocenters. The topological polar surface area (TPSA) is 53.4 Å². The van der Waals surface area contributed by atoms with Crippen LogP contribution in [0, 0.1) is 0 Å². The van der Waals surface area contributed by atoms with Crippen LogP contribution in [0.25, 0.3) is 0 Å². The lowest BCUT2D eigenvalue weighted by Gasteiger charge is -2.21. The van der Waals surface area contributed by atoms with Crippen LogP contribution < -0.4 is 0 Å². The van der Waals surface area contributed by atoms with Crippen LogP contribution >= 0.6 is 0 Å². The van der Waals surface area contributed by atoms with Gasteiger partial charge in [-0.1, -0.05) is 30.3 Å². The second kappa shape index (κ2) is 7.40. The van der Waals surface area contributed by atoms with Gasteiger partial charge in [0, 0.05) is 31.0 Å². The molecule has 0 fully saturated rings. The van der Waals surface area contributed by atoms with E-state index in [0.29, 0.717) is 18.7 Å². The van der Waals surface area contributed by atoms with Gasteiger partial charge in [-0.25, -0.2) is 0 Å². The van der Waals surface area contributed by atoms with Crippen molar-refractivity contribution in [2.45, 2.75) is 6.42 Å². The minimum Gasteiger partial charge on any atom is -0.395 e. The number of pyridine rings is 1. The SMILES string of the molecule is O=C(c1ccncc1)N(CCO)CCc1ccccc1. The zero-order valence-electron chi connectivity index (χ0n) is 11.3. The normalized spacial score (nSPS) is 10.2. The van der Waals surface area contributed by atoms with Gasteiger partial charge in [-0.2, -0.15) is 0 Å². The number of carbonyl (C=O) groups is 1. The van der Waals surface area contributed by atoms with E-state index in [4.69, 9.17) is 5.11 Å². The highest BCUT2D eigenvalue weighted by Crippen LogP contribution is 2.06. The number of rotatable bonds is 6. The maximum absolute atomic E-state index is 12.3. The average Bonchev–Trinajstić information content (AvgIpc) is 2.52. The third-order valence-corrected chi connectivity index (χ3v) is 3.10. The molecule has 0 aliphatic heterocycles. The van der Waals surface area contributed by atoms with Crippen molar-refractivity contribution >= 4 is 5.91 Å². The zero-order chi connectivity index (χ0) is 14.2. The molecule has 4 nitrogen and oxygen atoms in total. The fourth-order valence-corrected chi connectivity index (χ4v) is 2.02. The van der Waals surface area contributed by atoms with Crippen molar-refractivity contribution in [2.24, 2.45) is 0 Å². The maximum atomic E-state index is 12.3. The Morgan fingerprint density at radius 1 is 1.05 bits per heavy atom. The lowest BCUT2D eigenvalue weighted by atomic mass is 10.1. The van der Waals surface area contributed by atoms with Gasteiger partial charge in [0.1, 0.15) is 0 Å². The van der Waals surface area contributed by atoms with E-state index in [0.717, 1.165) is 6.42 Å². The smallest absolute Gasteiger partial charge is 0.254 e. The molecule has 0 bridgehead atoms. The van der Waals surface area contributed by atoms with Gasteiger partial charge >= 0.3 is 0 Å². The number of benzene rings is 1. The monoisotopic (exact) mass is 270 g/mol. The van der Waals surface area contributed by atoms with Gasteiger partial charge < -0.3 is 10.0 Å². The quantitative estimate of drug-likeness (QED) is 0.870. The van der Waals surface area contributed by atoms with E-state index in [1.54, 1.807) is 29.4 Å². The van der Waals surface area contributed by atoms with E-state index in [2.05, 4.69) is 4.98 Å². The number of aliphatic hydroxyl groups excluding tert-OH is 1. The van der Waals surface area contributed by atoms with Crippen molar-refractivity contribution in [1.82, 2.24) is 9.88 Å². The predicted molar refractivity (Wildman–Crippen MR) is 77.4 cm³/mol. The van der Waals surface area contributed by atoms with Crippen molar-refractivity contribution < 1.29 is 9.90 Å². The van der Waals surface area contributed by atoms with E-state index < -0.39 is 0 Å². The summed E-state index contributed by atoms with van der Waals surface area (Å²) < 4.78 is 0. The Labute approximate surface area is 118 Å². The highest BCUT2D eigenvalue weighted by atomic mass is 16.3. The highest BCUT2D eigenvalue weighted by Gasteiger charge is 2.14. The summed E-state index contributed by atoms with van der Waals surface area (Å²) in [6.07, 6.45) is 3.97. The Kier molecular flexibility index (Phi) is 5.26. The fourth-order valence-electron chi connectivity index (χ4n) is 2.02. The van der Waals surface area contributed by atoms with Gasteiger partial charge in [-0.15, -0.1) is 0 Å². The molecule has 2 aromatic rings. The van der Waals surface area contributed by atoms with Crippen LogP contribution in [0.1, 0.15) is 15.9 Å². The van der Waals surface area contributed by atoms with Gasteiger partial charge in [0.15, 0.2) is 0 Å². The Morgan fingerprint density at radius 3 is 2.40 bits per heavy atom. The fraction of sp³-hybridized carbons (Fsp3) is 0.250. The third-order valence-electron chi connectivity index (χ3n) is 3.10. The molecule has 20 heavy (non-hydrogen) atoms. The molecule has 104 valence electrons. The third kappa shape index (κ3) is 3.90. The first-order valence-electron chi connectivity index (χ1n) is 6.65. The lowest BCUT2D eigenvalue weighted by molar-refractivity contribution is 0.0724. The van der Waals surface area contributed by atoms with E-state index in [1.807, 2.05) is 30.3 Å². The molecule has 1 amide bonds. The molecular weight excluding hydrogens is 252 g/mol. The number of aromatic nitrogens is 1. The standard InChI is InChI=1S/C16H18N2O2/c19-13-12-18(11-8-14-4-2-1-3-5-14)16(20)15-6-9-17-10-7-15/h1-7,9-10,19H,8,11-13H2. The van der Waals surface area contributed by atoms with E-state index in [9.17, 15) is 4.79 Å². The molecule has 0 unspecified atom stereocenters. The summed E-state index contributed by atoms with van der Waals surface area (Å²) in [5, 5.41) is 9.12. The summed E-state index contributed by atoms with van der Waals surface area (Å²) in [5.41, 5.74) is 1.78. The Hall–Kier alpha value is -2.20. The minimum atomic E-state index is -0.0719. The van der Waals surface area contributed by atoms with Crippen LogP contribution in [0.3, 0.4) is 0 Å². The molecule has 0 aliphatic carbocycles. The van der Waals surface area contributed by atoms with E-state index in [-0.39, 0.29) is 12.5 Å². The molecule has 1 aromatic carbocycles. The van der Waals surface area contributed by atoms with E-state index >= 15 is 0 Å². The summed E-state index contributed by atoms with van der Waals surface area (Å²) in [5.74, 6) is -0.0719. The first kappa shape index (κ1) is 14.2. The summed E-state index contributed by atoms with van der Waals surface area (Å²) in [6, 6.07) is 13.4. The number of nitrogens with zero attached hydrogens (tertiary/aromatic N) is 2. The molecule has 4 heteroatoms. The maximum Gasteiger partial charge on any atom is 0.254 e. The van der Waals surface area contributed by atoms with Crippen LogP contribution in [-0.2, 0) is 6.42 Å². The zero-order valence-corrected chi connectivity index (χ0v) is 11.3. The number of aliphatic hydroxyl groups is 1. The molecule has 0 saturated carbocycles. The molecule has 1 N–H and O–H groups in total. The van der Waals surface area contributed by atoms with Crippen molar-refractivity contribution in [3.05, 3.63) is 66.0 Å². The van der Waals surface area contributed by atoms with Crippen molar-refractivity contribution in [1.29, 1.82) is 0 Å². The van der Waals surface area contributed by atoms with Crippen LogP contribution in [0.4, 0.5) is 0 Å². The van der Waals surface area contributed by atoms with Gasteiger partial charge in [-0.05, 0) is 24.1 Å². The summed E-state index contributed by atoms with van der Waals surface area (Å²) in [6.45, 7) is 0.894. The van der Waals surface area contributed by atoms with Crippen LogP contribution in [-0.4, -0.2) is 40.6 Å². The van der Waals surface area contributed by atoms with E-state index in [1.165, 1.54) is 5.56 Å². The Bertz CT molecular complexity index is 529. The number of hydrogen-bond acceptors (Lipinski definition) is 3. The Balaban J connectivity index is 2.02. The molecule has 0 spiro atoms. The van der Waals surface area contributed by atoms with Gasteiger partial charge in [0.05, 0.1) is 6.61 Å². The van der Waals surface area contributed by atoms with Crippen LogP contribution in [0.2, 0.25) is 0 Å². The molecule has 1 aromatic heterocycles. The first-order chi connectivity index (χ1) is 9.81. The van der Waals surface area contributed by atoms with Gasteiger partial charge in [0.2, 0.25) is 0 Å². The molecule has 0 radical (unpaired) electrons. The minimum absolute atomic E-state index is 0.0361. The second-order valence-electron chi connectivity index (χ2n) is 4.49. The number of carbonyl (C=O) groups excluding carboxylic acids is 1. The van der Waals surface area contributed by atoms with Crippen molar-refractivity contribution in [2.75, 3.05) is 19.7 Å². The summed E-state index contributed by atoms with van der Waals surface area (Å²) in [4.78, 5) is 17.9. The Morgan fingerprint density at radius 2 is 1.75 bits per heavy atom. The summed E-state index contributed by atoms with van der Waals surface area (Å²) >= 11 is 0. The van der Waals surface area contributed by atoms with Gasteiger partial charge in [0.25, 0.3) is 5.91 Å². The molecule has 1 heterocycles. The van der Waals surface area contributed by atoms with Crippen LogP contribution in [0.15, 0.2) is 54.9 Å². The number of amides is 1. The first-order valence-corrected chi connectivity index (χ1v) is 6.65. The second-order valence-corrected chi connectivity index (χ2v) is 4.49. The average molecular weight is 270 g/mol. The van der Waals surface area contributed by atoms with Crippen LogP contribution in [0.5, 0.6) is 0 Å². The lowest BCUT2D eigenvalue weighted by Crippen LogP contribution is -2.35.